The standard InChI is InChI=1S/C17H12Cl2F3NO3/c1-9(15-13(19)6-11(7-23-15)17(20,21)22)16(25)26-8-14(24)10-2-4-12(18)5-3-10/h2-7,9H,8H2,1H3/t9-/m0/s1. The van der Waals surface area contributed by atoms with E-state index < -0.39 is 36.0 Å². The second-order valence-corrected chi connectivity index (χ2v) is 6.19. The molecule has 4 nitrogen and oxygen atoms in total. The SMILES string of the molecule is C[C@H](C(=O)OCC(=O)c1ccc(Cl)cc1)c1ncc(C(F)(F)F)cc1Cl. The summed E-state index contributed by atoms with van der Waals surface area (Å²) in [5.41, 5.74) is -0.783. The number of Topliss-reactive ketones (excluding diaryl/α,β-unsaturated/α-hetero) is 1. The van der Waals surface area contributed by atoms with Gasteiger partial charge in [-0.25, -0.2) is 0 Å². The highest BCUT2D eigenvalue weighted by atomic mass is 35.5. The molecule has 0 fully saturated rings. The quantitative estimate of drug-likeness (QED) is 0.522. The fourth-order valence-corrected chi connectivity index (χ4v) is 2.47. The van der Waals surface area contributed by atoms with Crippen molar-refractivity contribution in [2.75, 3.05) is 6.61 Å². The Kier molecular flexibility index (Phi) is 6.26. The van der Waals surface area contributed by atoms with Crippen LogP contribution in [0.15, 0.2) is 36.5 Å². The van der Waals surface area contributed by atoms with E-state index in [1.807, 2.05) is 0 Å². The molecule has 0 radical (unpaired) electrons. The van der Waals surface area contributed by atoms with Crippen LogP contribution in [0.5, 0.6) is 0 Å². The van der Waals surface area contributed by atoms with Crippen LogP contribution in [0.4, 0.5) is 13.2 Å². The zero-order valence-corrected chi connectivity index (χ0v) is 14.8. The Morgan fingerprint density at radius 3 is 2.35 bits per heavy atom. The van der Waals surface area contributed by atoms with E-state index in [0.29, 0.717) is 22.8 Å². The normalized spacial score (nSPS) is 12.5. The van der Waals surface area contributed by atoms with Gasteiger partial charge in [0.25, 0.3) is 0 Å². The molecule has 0 N–H and O–H groups in total. The molecule has 0 amide bonds. The van der Waals surface area contributed by atoms with Crippen LogP contribution in [0.25, 0.3) is 0 Å². The Balaban J connectivity index is 2.03. The van der Waals surface area contributed by atoms with Gasteiger partial charge in [-0.1, -0.05) is 23.2 Å². The van der Waals surface area contributed by atoms with Crippen LogP contribution in [-0.4, -0.2) is 23.3 Å². The molecule has 26 heavy (non-hydrogen) atoms. The van der Waals surface area contributed by atoms with Gasteiger partial charge in [0.2, 0.25) is 0 Å². The third kappa shape index (κ3) is 4.95. The molecule has 2 aromatic rings. The molecule has 1 aromatic heterocycles. The molecule has 9 heteroatoms. The smallest absolute Gasteiger partial charge is 0.417 e. The fourth-order valence-electron chi connectivity index (χ4n) is 2.01. The molecular formula is C17H12Cl2F3NO3. The summed E-state index contributed by atoms with van der Waals surface area (Å²) in [6.45, 7) is 0.847. The number of carbonyl (C=O) groups is 2. The monoisotopic (exact) mass is 405 g/mol. The van der Waals surface area contributed by atoms with Crippen molar-refractivity contribution in [3.63, 3.8) is 0 Å². The summed E-state index contributed by atoms with van der Waals surface area (Å²) in [6, 6.07) is 6.69. The molecule has 0 unspecified atom stereocenters. The van der Waals surface area contributed by atoms with E-state index in [0.717, 1.165) is 0 Å². The van der Waals surface area contributed by atoms with Crippen molar-refractivity contribution >= 4 is 35.0 Å². The molecule has 0 bridgehead atoms. The van der Waals surface area contributed by atoms with Gasteiger partial charge < -0.3 is 4.74 Å². The van der Waals surface area contributed by atoms with Crippen LogP contribution in [0.2, 0.25) is 10.0 Å². The molecule has 0 spiro atoms. The number of esters is 1. The maximum atomic E-state index is 12.6. The first-order chi connectivity index (χ1) is 12.1. The summed E-state index contributed by atoms with van der Waals surface area (Å²) < 4.78 is 42.8. The maximum absolute atomic E-state index is 12.6. The number of halogens is 5. The number of ketones is 1. The number of hydrogen-bond donors (Lipinski definition) is 0. The summed E-state index contributed by atoms with van der Waals surface area (Å²) in [5.74, 6) is -2.32. The highest BCUT2D eigenvalue weighted by Gasteiger charge is 2.32. The third-order valence-corrected chi connectivity index (χ3v) is 4.03. The van der Waals surface area contributed by atoms with E-state index in [-0.39, 0.29) is 10.7 Å². The van der Waals surface area contributed by atoms with Gasteiger partial charge in [-0.05, 0) is 37.3 Å². The zero-order valence-electron chi connectivity index (χ0n) is 13.3. The molecular weight excluding hydrogens is 394 g/mol. The Bertz CT molecular complexity index is 823. The molecule has 138 valence electrons. The topological polar surface area (TPSA) is 56.3 Å². The van der Waals surface area contributed by atoms with Crippen molar-refractivity contribution in [2.24, 2.45) is 0 Å². The zero-order chi connectivity index (χ0) is 19.5. The molecule has 0 saturated carbocycles. The predicted octanol–water partition coefficient (Wildman–Crippen LogP) is 4.94. The predicted molar refractivity (Wildman–Crippen MR) is 89.4 cm³/mol. The van der Waals surface area contributed by atoms with Crippen molar-refractivity contribution in [3.8, 4) is 0 Å². The second kappa shape index (κ2) is 8.05. The minimum absolute atomic E-state index is 0.0661. The fraction of sp³-hybridized carbons (Fsp3) is 0.235. The molecule has 0 aliphatic heterocycles. The third-order valence-electron chi connectivity index (χ3n) is 3.47. The van der Waals surface area contributed by atoms with Gasteiger partial charge in [0.1, 0.15) is 0 Å². The number of alkyl halides is 3. The van der Waals surface area contributed by atoms with E-state index in [1.54, 1.807) is 0 Å². The van der Waals surface area contributed by atoms with E-state index in [4.69, 9.17) is 27.9 Å². The van der Waals surface area contributed by atoms with E-state index in [9.17, 15) is 22.8 Å². The lowest BCUT2D eigenvalue weighted by molar-refractivity contribution is -0.144. The van der Waals surface area contributed by atoms with Crippen LogP contribution >= 0.6 is 23.2 Å². The molecule has 1 aromatic carbocycles. The van der Waals surface area contributed by atoms with Crippen molar-refractivity contribution < 1.29 is 27.5 Å². The van der Waals surface area contributed by atoms with Gasteiger partial charge in [-0.2, -0.15) is 13.2 Å². The molecule has 2 rings (SSSR count). The maximum Gasteiger partial charge on any atom is 0.417 e. The minimum Gasteiger partial charge on any atom is -0.457 e. The van der Waals surface area contributed by atoms with Gasteiger partial charge in [0, 0.05) is 16.8 Å². The number of hydrogen-bond acceptors (Lipinski definition) is 4. The number of pyridine rings is 1. The minimum atomic E-state index is -4.59. The molecule has 1 atom stereocenters. The van der Waals surface area contributed by atoms with Crippen LogP contribution < -0.4 is 0 Å². The van der Waals surface area contributed by atoms with Gasteiger partial charge in [0.15, 0.2) is 12.4 Å². The van der Waals surface area contributed by atoms with Crippen LogP contribution in [0.3, 0.4) is 0 Å². The lowest BCUT2D eigenvalue weighted by atomic mass is 10.1. The van der Waals surface area contributed by atoms with Crippen molar-refractivity contribution in [1.82, 2.24) is 4.98 Å². The average molecular weight is 406 g/mol. The Hall–Kier alpha value is -2.12. The van der Waals surface area contributed by atoms with Crippen LogP contribution in [0.1, 0.15) is 34.5 Å². The van der Waals surface area contributed by atoms with E-state index >= 15 is 0 Å². The number of ether oxygens (including phenoxy) is 1. The Labute approximate surface area is 156 Å². The largest absolute Gasteiger partial charge is 0.457 e. The van der Waals surface area contributed by atoms with Gasteiger partial charge >= 0.3 is 12.1 Å². The van der Waals surface area contributed by atoms with Gasteiger partial charge in [0.05, 0.1) is 22.2 Å². The first-order valence-corrected chi connectivity index (χ1v) is 8.03. The van der Waals surface area contributed by atoms with Crippen molar-refractivity contribution in [3.05, 3.63) is 63.4 Å². The average Bonchev–Trinajstić information content (AvgIpc) is 2.58. The van der Waals surface area contributed by atoms with Crippen molar-refractivity contribution in [2.45, 2.75) is 19.0 Å². The highest BCUT2D eigenvalue weighted by Crippen LogP contribution is 2.33. The van der Waals surface area contributed by atoms with E-state index in [1.165, 1.54) is 31.2 Å². The Morgan fingerprint density at radius 2 is 1.81 bits per heavy atom. The summed E-state index contributed by atoms with van der Waals surface area (Å²) in [6.07, 6.45) is -4.01. The summed E-state index contributed by atoms with van der Waals surface area (Å²) in [5, 5.41) is 0.142. The number of aromatic nitrogens is 1. The molecule has 0 aliphatic carbocycles. The number of carbonyl (C=O) groups excluding carboxylic acids is 2. The summed E-state index contributed by atoms with van der Waals surface area (Å²) >= 11 is 11.5. The van der Waals surface area contributed by atoms with Crippen LogP contribution in [0, 0.1) is 0 Å². The lowest BCUT2D eigenvalue weighted by Crippen LogP contribution is -2.20. The Morgan fingerprint density at radius 1 is 1.19 bits per heavy atom. The molecule has 0 saturated heterocycles. The molecule has 1 heterocycles. The number of rotatable bonds is 5. The second-order valence-electron chi connectivity index (χ2n) is 5.35. The highest BCUT2D eigenvalue weighted by molar-refractivity contribution is 6.31. The van der Waals surface area contributed by atoms with Crippen molar-refractivity contribution in [1.29, 1.82) is 0 Å². The number of nitrogens with zero attached hydrogens (tertiary/aromatic N) is 1. The first-order valence-electron chi connectivity index (χ1n) is 7.27. The van der Waals surface area contributed by atoms with Crippen LogP contribution in [-0.2, 0) is 15.7 Å². The number of benzene rings is 1. The molecule has 0 aliphatic rings. The van der Waals surface area contributed by atoms with Gasteiger partial charge in [-0.15, -0.1) is 0 Å². The first kappa shape index (κ1) is 20.2. The van der Waals surface area contributed by atoms with E-state index in [2.05, 4.69) is 4.98 Å². The van der Waals surface area contributed by atoms with Gasteiger partial charge in [-0.3, -0.25) is 14.6 Å². The summed E-state index contributed by atoms with van der Waals surface area (Å²) in [7, 11) is 0. The lowest BCUT2D eigenvalue weighted by Gasteiger charge is -2.14. The summed E-state index contributed by atoms with van der Waals surface area (Å²) in [4.78, 5) is 27.6.